The Balaban J connectivity index is 1.60. The third-order valence-electron chi connectivity index (χ3n) is 4.82. The fraction of sp³-hybridized carbons (Fsp3) is 0.300. The van der Waals surface area contributed by atoms with Crippen LogP contribution in [0.1, 0.15) is 23.1 Å². The minimum absolute atomic E-state index is 0.295. The van der Waals surface area contributed by atoms with E-state index in [2.05, 4.69) is 37.5 Å². The van der Waals surface area contributed by atoms with Crippen LogP contribution in [0.25, 0.3) is 11.2 Å². The van der Waals surface area contributed by atoms with Gasteiger partial charge in [-0.15, -0.1) is 11.3 Å². The van der Waals surface area contributed by atoms with Crippen molar-refractivity contribution >= 4 is 49.2 Å². The van der Waals surface area contributed by atoms with E-state index in [0.29, 0.717) is 28.9 Å². The smallest absolute Gasteiger partial charge is 0.233 e. The first-order chi connectivity index (χ1) is 14.7. The van der Waals surface area contributed by atoms with Crippen LogP contribution in [0.3, 0.4) is 0 Å². The van der Waals surface area contributed by atoms with Crippen LogP contribution in [0.15, 0.2) is 35.5 Å². The van der Waals surface area contributed by atoms with Crippen LogP contribution in [0.2, 0.25) is 0 Å². The SMILES string of the molecule is CCc1sc(Nc2nc(NCc3ccc(S(C)(=O)=O)cc3)c3c(ncn3C)n2)nc1C. The second kappa shape index (κ2) is 8.23. The number of aryl methyl sites for hydroxylation is 3. The zero-order chi connectivity index (χ0) is 22.2. The lowest BCUT2D eigenvalue weighted by atomic mass is 10.2. The number of nitrogens with one attached hydrogen (secondary N) is 2. The molecule has 0 unspecified atom stereocenters. The summed E-state index contributed by atoms with van der Waals surface area (Å²) in [5.41, 5.74) is 3.28. The number of fused-ring (bicyclic) bond motifs is 1. The van der Waals surface area contributed by atoms with Crippen molar-refractivity contribution in [3.8, 4) is 0 Å². The number of thiazole rings is 1. The predicted molar refractivity (Wildman–Crippen MR) is 123 cm³/mol. The molecule has 3 heterocycles. The summed E-state index contributed by atoms with van der Waals surface area (Å²) in [7, 11) is -1.33. The highest BCUT2D eigenvalue weighted by atomic mass is 32.2. The molecule has 1 aromatic carbocycles. The zero-order valence-corrected chi connectivity index (χ0v) is 19.3. The maximum atomic E-state index is 11.7. The highest BCUT2D eigenvalue weighted by molar-refractivity contribution is 7.90. The van der Waals surface area contributed by atoms with Crippen molar-refractivity contribution in [1.82, 2.24) is 24.5 Å². The van der Waals surface area contributed by atoms with Crippen molar-refractivity contribution < 1.29 is 8.42 Å². The van der Waals surface area contributed by atoms with Gasteiger partial charge < -0.3 is 9.88 Å². The summed E-state index contributed by atoms with van der Waals surface area (Å²) in [4.78, 5) is 19.6. The number of benzene rings is 1. The first kappa shape index (κ1) is 21.2. The molecule has 31 heavy (non-hydrogen) atoms. The standard InChI is InChI=1S/C20H23N7O2S2/c1-5-15-12(2)23-20(30-15)26-19-24-17(16-18(25-19)22-11-27(16)3)21-10-13-6-8-14(9-7-13)31(4,28)29/h6-9,11H,5,10H2,1-4H3,(H2,21,23,24,25,26). The second-order valence-corrected chi connectivity index (χ2v) is 10.3. The van der Waals surface area contributed by atoms with Crippen molar-refractivity contribution in [2.24, 2.45) is 7.05 Å². The van der Waals surface area contributed by atoms with Gasteiger partial charge in [0.25, 0.3) is 0 Å². The molecule has 0 fully saturated rings. The number of rotatable bonds is 7. The van der Waals surface area contributed by atoms with Crippen LogP contribution in [0.5, 0.6) is 0 Å². The Morgan fingerprint density at radius 2 is 1.87 bits per heavy atom. The lowest BCUT2D eigenvalue weighted by Gasteiger charge is -2.10. The van der Waals surface area contributed by atoms with Crippen LogP contribution in [0.4, 0.5) is 16.9 Å². The Morgan fingerprint density at radius 3 is 2.52 bits per heavy atom. The molecule has 0 aliphatic carbocycles. The lowest BCUT2D eigenvalue weighted by molar-refractivity contribution is 0.602. The van der Waals surface area contributed by atoms with Crippen LogP contribution in [0, 0.1) is 6.92 Å². The van der Waals surface area contributed by atoms with Gasteiger partial charge in [0.1, 0.15) is 5.52 Å². The molecule has 0 saturated carbocycles. The summed E-state index contributed by atoms with van der Waals surface area (Å²) < 4.78 is 25.2. The third-order valence-corrected chi connectivity index (χ3v) is 7.16. The number of aromatic nitrogens is 5. The molecule has 0 spiro atoms. The molecule has 9 nitrogen and oxygen atoms in total. The first-order valence-electron chi connectivity index (χ1n) is 9.70. The average molecular weight is 458 g/mol. The number of anilines is 3. The lowest BCUT2D eigenvalue weighted by Crippen LogP contribution is -2.07. The van der Waals surface area contributed by atoms with Crippen LogP contribution in [-0.2, 0) is 29.9 Å². The van der Waals surface area contributed by atoms with E-state index in [4.69, 9.17) is 0 Å². The molecule has 0 saturated heterocycles. The second-order valence-electron chi connectivity index (χ2n) is 7.20. The number of imidazole rings is 1. The Bertz CT molecular complexity index is 1340. The van der Waals surface area contributed by atoms with Crippen molar-refractivity contribution in [1.29, 1.82) is 0 Å². The molecular weight excluding hydrogens is 434 g/mol. The monoisotopic (exact) mass is 457 g/mol. The maximum absolute atomic E-state index is 11.7. The van der Waals surface area contributed by atoms with Crippen molar-refractivity contribution in [3.05, 3.63) is 46.7 Å². The van der Waals surface area contributed by atoms with Gasteiger partial charge in [0, 0.05) is 24.7 Å². The molecule has 0 atom stereocenters. The van der Waals surface area contributed by atoms with E-state index < -0.39 is 9.84 Å². The summed E-state index contributed by atoms with van der Waals surface area (Å²) in [6.45, 7) is 4.56. The van der Waals surface area contributed by atoms with Crippen LogP contribution < -0.4 is 10.6 Å². The normalized spacial score (nSPS) is 11.7. The number of hydrogen-bond donors (Lipinski definition) is 2. The van der Waals surface area contributed by atoms with Crippen LogP contribution >= 0.6 is 11.3 Å². The highest BCUT2D eigenvalue weighted by Gasteiger charge is 2.14. The van der Waals surface area contributed by atoms with Gasteiger partial charge >= 0.3 is 0 Å². The van der Waals surface area contributed by atoms with Gasteiger partial charge in [0.05, 0.1) is 16.9 Å². The quantitative estimate of drug-likeness (QED) is 0.434. The summed E-state index contributed by atoms with van der Waals surface area (Å²) in [6.07, 6.45) is 3.82. The number of sulfone groups is 1. The van der Waals surface area contributed by atoms with Gasteiger partial charge in [-0.1, -0.05) is 19.1 Å². The Morgan fingerprint density at radius 1 is 1.13 bits per heavy atom. The summed E-state index contributed by atoms with van der Waals surface area (Å²) >= 11 is 1.59. The summed E-state index contributed by atoms with van der Waals surface area (Å²) in [6, 6.07) is 6.79. The largest absolute Gasteiger partial charge is 0.364 e. The summed E-state index contributed by atoms with van der Waals surface area (Å²) in [5, 5.41) is 7.26. The molecule has 4 aromatic rings. The fourth-order valence-corrected chi connectivity index (χ4v) is 4.71. The van der Waals surface area contributed by atoms with E-state index in [1.165, 1.54) is 11.1 Å². The number of nitrogens with zero attached hydrogens (tertiary/aromatic N) is 5. The van der Waals surface area contributed by atoms with Crippen LogP contribution in [-0.4, -0.2) is 39.2 Å². The molecular formula is C20H23N7O2S2. The minimum atomic E-state index is -3.22. The zero-order valence-electron chi connectivity index (χ0n) is 17.7. The molecule has 162 valence electrons. The van der Waals surface area contributed by atoms with Gasteiger partial charge in [0.15, 0.2) is 26.4 Å². The Kier molecular flexibility index (Phi) is 5.63. The van der Waals surface area contributed by atoms with Crippen molar-refractivity contribution in [3.63, 3.8) is 0 Å². The van der Waals surface area contributed by atoms with E-state index in [9.17, 15) is 8.42 Å². The van der Waals surface area contributed by atoms with Gasteiger partial charge in [-0.2, -0.15) is 9.97 Å². The van der Waals surface area contributed by atoms with E-state index in [-0.39, 0.29) is 0 Å². The van der Waals surface area contributed by atoms with Crippen molar-refractivity contribution in [2.45, 2.75) is 31.7 Å². The fourth-order valence-electron chi connectivity index (χ4n) is 3.18. The molecule has 0 amide bonds. The van der Waals surface area contributed by atoms with Gasteiger partial charge in [0.2, 0.25) is 5.95 Å². The molecule has 0 aliphatic rings. The topological polar surface area (TPSA) is 115 Å². The molecule has 3 aromatic heterocycles. The molecule has 4 rings (SSSR count). The maximum Gasteiger partial charge on any atom is 0.233 e. The predicted octanol–water partition coefficient (Wildman–Crippen LogP) is 3.45. The van der Waals surface area contributed by atoms with E-state index in [1.54, 1.807) is 41.9 Å². The summed E-state index contributed by atoms with van der Waals surface area (Å²) in [5.74, 6) is 1.04. The average Bonchev–Trinajstić information content (AvgIpc) is 3.27. The molecule has 0 radical (unpaired) electrons. The van der Waals surface area contributed by atoms with Crippen molar-refractivity contribution in [2.75, 3.05) is 16.9 Å². The molecule has 2 N–H and O–H groups in total. The van der Waals surface area contributed by atoms with Gasteiger partial charge in [-0.3, -0.25) is 5.32 Å². The third kappa shape index (κ3) is 4.52. The molecule has 0 aliphatic heterocycles. The Labute approximate surface area is 184 Å². The van der Waals surface area contributed by atoms with E-state index in [0.717, 1.165) is 28.3 Å². The van der Waals surface area contributed by atoms with E-state index in [1.807, 2.05) is 18.5 Å². The van der Waals surface area contributed by atoms with Gasteiger partial charge in [-0.25, -0.2) is 18.4 Å². The molecule has 0 bridgehead atoms. The van der Waals surface area contributed by atoms with E-state index >= 15 is 0 Å². The molecule has 11 heteroatoms. The van der Waals surface area contributed by atoms with Gasteiger partial charge in [-0.05, 0) is 31.0 Å². The first-order valence-corrected chi connectivity index (χ1v) is 12.4. The number of hydrogen-bond acceptors (Lipinski definition) is 9. The minimum Gasteiger partial charge on any atom is -0.364 e. The highest BCUT2D eigenvalue weighted by Crippen LogP contribution is 2.27. The Hall–Kier alpha value is -3.05.